The highest BCUT2D eigenvalue weighted by molar-refractivity contribution is 6.38. The number of halogens is 1. The summed E-state index contributed by atoms with van der Waals surface area (Å²) in [7, 11) is 0. The molecule has 1 aliphatic heterocycles. The normalized spacial score (nSPS) is 14.6. The van der Waals surface area contributed by atoms with Crippen LogP contribution in [0.15, 0.2) is 24.3 Å². The zero-order chi connectivity index (χ0) is 28.4. The van der Waals surface area contributed by atoms with E-state index in [2.05, 4.69) is 16.0 Å². The van der Waals surface area contributed by atoms with E-state index in [9.17, 15) is 33.6 Å². The number of hydrogen-bond acceptors (Lipinski definition) is 8. The number of ketones is 1. The van der Waals surface area contributed by atoms with Gasteiger partial charge in [-0.15, -0.1) is 5.06 Å². The second-order valence-corrected chi connectivity index (χ2v) is 9.39. The maximum absolute atomic E-state index is 13.1. The fourth-order valence-corrected chi connectivity index (χ4v) is 3.66. The highest BCUT2D eigenvalue weighted by Crippen LogP contribution is 2.14. The minimum absolute atomic E-state index is 0.0113. The number of nitrogens with one attached hydrogen (secondary N) is 3. The molecule has 0 radical (unpaired) electrons. The van der Waals surface area contributed by atoms with E-state index < -0.39 is 65.7 Å². The molecule has 3 N–H and O–H groups in total. The first-order valence-corrected chi connectivity index (χ1v) is 12.5. The number of imide groups is 1. The van der Waals surface area contributed by atoms with Crippen molar-refractivity contribution in [3.63, 3.8) is 0 Å². The topological polar surface area (TPSA) is 168 Å². The van der Waals surface area contributed by atoms with Crippen LogP contribution in [0.3, 0.4) is 0 Å². The lowest BCUT2D eigenvalue weighted by atomic mass is 9.99. The van der Waals surface area contributed by atoms with Crippen LogP contribution in [0.25, 0.3) is 0 Å². The summed E-state index contributed by atoms with van der Waals surface area (Å²) in [6.07, 6.45) is -0.919. The number of hydroxylamine groups is 2. The van der Waals surface area contributed by atoms with E-state index in [1.165, 1.54) is 0 Å². The van der Waals surface area contributed by atoms with Crippen molar-refractivity contribution in [2.75, 3.05) is 6.54 Å². The van der Waals surface area contributed by atoms with Gasteiger partial charge in [-0.2, -0.15) is 0 Å². The van der Waals surface area contributed by atoms with Crippen molar-refractivity contribution >= 4 is 52.9 Å². The summed E-state index contributed by atoms with van der Waals surface area (Å²) >= 11 is 5.91. The average molecular weight is 551 g/mol. The van der Waals surface area contributed by atoms with Crippen LogP contribution < -0.4 is 16.0 Å². The van der Waals surface area contributed by atoms with E-state index in [1.54, 1.807) is 45.0 Å². The fourth-order valence-electron chi connectivity index (χ4n) is 3.53. The predicted octanol–water partition coefficient (Wildman–Crippen LogP) is 0.601. The third-order valence-electron chi connectivity index (χ3n) is 5.57. The van der Waals surface area contributed by atoms with Crippen LogP contribution >= 0.6 is 11.6 Å². The fraction of sp³-hybridized carbons (Fsp3) is 0.480. The lowest BCUT2D eigenvalue weighted by Crippen LogP contribution is -2.56. The lowest BCUT2D eigenvalue weighted by molar-refractivity contribution is -0.197. The van der Waals surface area contributed by atoms with E-state index >= 15 is 0 Å². The first-order chi connectivity index (χ1) is 17.9. The first-order valence-electron chi connectivity index (χ1n) is 12.2. The Labute approximate surface area is 224 Å². The SMILES string of the molecule is CCNC(=O)C(=O)[C@H](Cc1ccc(Cl)cc1)NC(=O)[C@@H](NC(=O)CCC(=O)ON1C(=O)CCC1=O)C(C)C. The van der Waals surface area contributed by atoms with Crippen molar-refractivity contribution in [2.45, 2.75) is 65.0 Å². The van der Waals surface area contributed by atoms with Crippen molar-refractivity contribution in [1.82, 2.24) is 21.0 Å². The Hall–Kier alpha value is -3.80. The van der Waals surface area contributed by atoms with Crippen LogP contribution in [-0.2, 0) is 44.8 Å². The van der Waals surface area contributed by atoms with Crippen LogP contribution in [0, 0.1) is 5.92 Å². The number of hydrogen-bond donors (Lipinski definition) is 3. The van der Waals surface area contributed by atoms with E-state index in [-0.39, 0.29) is 32.2 Å². The zero-order valence-corrected chi connectivity index (χ0v) is 22.1. The number of Topliss-reactive ketones (excluding diaryl/α,β-unsaturated/α-hetero) is 1. The van der Waals surface area contributed by atoms with Gasteiger partial charge in [0.1, 0.15) is 12.1 Å². The Balaban J connectivity index is 2.03. The molecule has 1 aliphatic rings. The van der Waals surface area contributed by atoms with Crippen molar-refractivity contribution in [1.29, 1.82) is 0 Å². The van der Waals surface area contributed by atoms with Gasteiger partial charge in [0.2, 0.25) is 17.6 Å². The molecule has 38 heavy (non-hydrogen) atoms. The van der Waals surface area contributed by atoms with Crippen LogP contribution in [-0.4, -0.2) is 65.0 Å². The predicted molar refractivity (Wildman–Crippen MR) is 134 cm³/mol. The molecule has 1 heterocycles. The number of amides is 5. The molecule has 0 aromatic heterocycles. The second kappa shape index (κ2) is 14.2. The third kappa shape index (κ3) is 8.94. The molecule has 0 unspecified atom stereocenters. The summed E-state index contributed by atoms with van der Waals surface area (Å²) in [5, 5.41) is 8.36. The van der Waals surface area contributed by atoms with Crippen LogP contribution in [0.4, 0.5) is 0 Å². The quantitative estimate of drug-likeness (QED) is 0.237. The number of likely N-dealkylation sites (N-methyl/N-ethyl adjacent to an activating group) is 1. The molecule has 206 valence electrons. The molecule has 5 amide bonds. The van der Waals surface area contributed by atoms with Crippen LogP contribution in [0.2, 0.25) is 5.02 Å². The second-order valence-electron chi connectivity index (χ2n) is 8.95. The van der Waals surface area contributed by atoms with Gasteiger partial charge in [-0.25, -0.2) is 4.79 Å². The largest absolute Gasteiger partial charge is 0.350 e. The van der Waals surface area contributed by atoms with Crippen molar-refractivity contribution in [2.24, 2.45) is 5.92 Å². The molecular formula is C25H31ClN4O8. The lowest BCUT2D eigenvalue weighted by Gasteiger charge is -2.25. The number of nitrogens with zero attached hydrogens (tertiary/aromatic N) is 1. The highest BCUT2D eigenvalue weighted by atomic mass is 35.5. The van der Waals surface area contributed by atoms with Crippen molar-refractivity contribution < 1.29 is 38.4 Å². The van der Waals surface area contributed by atoms with Gasteiger partial charge in [0.15, 0.2) is 0 Å². The standard InChI is InChI=1S/C25H31ClN4O8/c1-4-27-25(37)23(35)17(13-15-5-7-16(26)8-6-15)28-24(36)22(14(2)3)29-18(31)9-12-21(34)38-30-19(32)10-11-20(30)33/h5-8,14,17,22H,4,9-13H2,1-3H3,(H,27,37)(H,28,36)(H,29,31)/t17-,22-/m0/s1. The van der Waals surface area contributed by atoms with Gasteiger partial charge in [-0.1, -0.05) is 37.6 Å². The number of carbonyl (C=O) groups is 7. The molecule has 0 aliphatic carbocycles. The maximum Gasteiger partial charge on any atom is 0.333 e. The summed E-state index contributed by atoms with van der Waals surface area (Å²) in [4.78, 5) is 90.4. The summed E-state index contributed by atoms with van der Waals surface area (Å²) in [5.41, 5.74) is 0.649. The van der Waals surface area contributed by atoms with Gasteiger partial charge >= 0.3 is 5.97 Å². The molecule has 1 aromatic rings. The van der Waals surface area contributed by atoms with Gasteiger partial charge in [0.25, 0.3) is 17.7 Å². The van der Waals surface area contributed by atoms with Gasteiger partial charge in [0, 0.05) is 37.3 Å². The van der Waals surface area contributed by atoms with E-state index in [1.807, 2.05) is 0 Å². The number of rotatable bonds is 13. The third-order valence-corrected chi connectivity index (χ3v) is 5.82. The molecule has 2 atom stereocenters. The molecule has 1 aromatic carbocycles. The number of benzene rings is 1. The Morgan fingerprint density at radius 3 is 2.13 bits per heavy atom. The summed E-state index contributed by atoms with van der Waals surface area (Å²) < 4.78 is 0. The van der Waals surface area contributed by atoms with E-state index in [0.717, 1.165) is 0 Å². The minimum atomic E-state index is -1.21. The Morgan fingerprint density at radius 1 is 0.974 bits per heavy atom. The first kappa shape index (κ1) is 30.4. The smallest absolute Gasteiger partial charge is 0.333 e. The molecule has 0 saturated carbocycles. The minimum Gasteiger partial charge on any atom is -0.350 e. The summed E-state index contributed by atoms with van der Waals surface area (Å²) in [6, 6.07) is 4.26. The van der Waals surface area contributed by atoms with Crippen LogP contribution in [0.1, 0.15) is 52.0 Å². The molecular weight excluding hydrogens is 520 g/mol. The molecule has 0 spiro atoms. The molecule has 1 fully saturated rings. The molecule has 1 saturated heterocycles. The molecule has 2 rings (SSSR count). The highest BCUT2D eigenvalue weighted by Gasteiger charge is 2.34. The average Bonchev–Trinajstić information content (AvgIpc) is 3.18. The summed E-state index contributed by atoms with van der Waals surface area (Å²) in [5.74, 6) is -5.71. The van der Waals surface area contributed by atoms with Crippen LogP contribution in [0.5, 0.6) is 0 Å². The maximum atomic E-state index is 13.1. The zero-order valence-electron chi connectivity index (χ0n) is 21.4. The van der Waals surface area contributed by atoms with Gasteiger partial charge in [0.05, 0.1) is 6.42 Å². The molecule has 13 heteroatoms. The molecule has 12 nitrogen and oxygen atoms in total. The van der Waals surface area contributed by atoms with E-state index in [4.69, 9.17) is 16.4 Å². The monoisotopic (exact) mass is 550 g/mol. The molecule has 0 bridgehead atoms. The van der Waals surface area contributed by atoms with E-state index in [0.29, 0.717) is 15.6 Å². The summed E-state index contributed by atoms with van der Waals surface area (Å²) in [6.45, 7) is 5.21. The van der Waals surface area contributed by atoms with Crippen molar-refractivity contribution in [3.05, 3.63) is 34.9 Å². The van der Waals surface area contributed by atoms with Crippen molar-refractivity contribution in [3.8, 4) is 0 Å². The Kier molecular flexibility index (Phi) is 11.4. The van der Waals surface area contributed by atoms with Gasteiger partial charge < -0.3 is 20.8 Å². The van der Waals surface area contributed by atoms with Gasteiger partial charge in [-0.05, 0) is 30.5 Å². The number of carbonyl (C=O) groups excluding carboxylic acids is 7. The Morgan fingerprint density at radius 2 is 1.58 bits per heavy atom. The Bertz CT molecular complexity index is 1070. The van der Waals surface area contributed by atoms with Gasteiger partial charge in [-0.3, -0.25) is 28.8 Å².